The maximum absolute atomic E-state index is 5.34. The van der Waals surface area contributed by atoms with Gasteiger partial charge in [-0.25, -0.2) is 4.98 Å². The van der Waals surface area contributed by atoms with E-state index < -0.39 is 0 Å². The van der Waals surface area contributed by atoms with Crippen LogP contribution in [0.1, 0.15) is 20.3 Å². The molecule has 16 heavy (non-hydrogen) atoms. The van der Waals surface area contributed by atoms with Gasteiger partial charge in [-0.05, 0) is 13.3 Å². The number of hydrogen-bond donors (Lipinski definition) is 0. The van der Waals surface area contributed by atoms with Gasteiger partial charge in [0.15, 0.2) is 0 Å². The first-order chi connectivity index (χ1) is 7.63. The molecule has 1 atom stereocenters. The first-order valence-corrected chi connectivity index (χ1v) is 6.36. The van der Waals surface area contributed by atoms with Crippen LogP contribution in [0.25, 0.3) is 0 Å². The van der Waals surface area contributed by atoms with Crippen LogP contribution in [0.4, 0.5) is 5.95 Å². The highest BCUT2D eigenvalue weighted by atomic mass is 79.9. The second-order valence-electron chi connectivity index (χ2n) is 3.62. The largest absolute Gasteiger partial charge is 0.478 e. The lowest BCUT2D eigenvalue weighted by Crippen LogP contribution is -2.22. The molecule has 1 rings (SSSR count). The minimum atomic E-state index is 0.505. The van der Waals surface area contributed by atoms with E-state index in [2.05, 4.69) is 32.8 Å². The van der Waals surface area contributed by atoms with Gasteiger partial charge in [0.25, 0.3) is 0 Å². The van der Waals surface area contributed by atoms with Crippen LogP contribution in [-0.4, -0.2) is 35.0 Å². The summed E-state index contributed by atoms with van der Waals surface area (Å²) in [6.07, 6.45) is 2.78. The molecule has 1 unspecified atom stereocenters. The number of hydrogen-bond acceptors (Lipinski definition) is 4. The fourth-order valence-electron chi connectivity index (χ4n) is 1.22. The van der Waals surface area contributed by atoms with Crippen molar-refractivity contribution in [3.05, 3.63) is 12.3 Å². The van der Waals surface area contributed by atoms with Crippen LogP contribution >= 0.6 is 15.9 Å². The molecular weight excluding hydrogens is 270 g/mol. The van der Waals surface area contributed by atoms with E-state index in [0.29, 0.717) is 23.3 Å². The summed E-state index contributed by atoms with van der Waals surface area (Å²) in [7, 11) is 1.99. The number of halogens is 1. The van der Waals surface area contributed by atoms with Crippen LogP contribution < -0.4 is 9.64 Å². The van der Waals surface area contributed by atoms with Crippen molar-refractivity contribution in [2.24, 2.45) is 0 Å². The molecule has 90 valence electrons. The molecule has 0 fully saturated rings. The van der Waals surface area contributed by atoms with Gasteiger partial charge in [-0.2, -0.15) is 4.98 Å². The molecule has 0 radical (unpaired) electrons. The van der Waals surface area contributed by atoms with E-state index in [1.807, 2.05) is 18.9 Å². The van der Waals surface area contributed by atoms with Crippen LogP contribution in [0.5, 0.6) is 5.88 Å². The molecule has 0 aliphatic carbocycles. The number of ether oxygens (including phenoxy) is 1. The molecule has 1 aromatic rings. The van der Waals surface area contributed by atoms with Gasteiger partial charge >= 0.3 is 0 Å². The Balaban J connectivity index is 2.60. The van der Waals surface area contributed by atoms with E-state index in [-0.39, 0.29) is 0 Å². The van der Waals surface area contributed by atoms with Gasteiger partial charge in [0.05, 0.1) is 6.61 Å². The lowest BCUT2D eigenvalue weighted by Gasteiger charge is -2.17. The average Bonchev–Trinajstić information content (AvgIpc) is 2.26. The van der Waals surface area contributed by atoms with Crippen molar-refractivity contribution in [2.75, 3.05) is 25.1 Å². The number of aromatic nitrogens is 2. The van der Waals surface area contributed by atoms with E-state index in [1.54, 1.807) is 12.3 Å². The Morgan fingerprint density at radius 3 is 2.94 bits per heavy atom. The lowest BCUT2D eigenvalue weighted by molar-refractivity contribution is 0.326. The van der Waals surface area contributed by atoms with Crippen LogP contribution in [0.2, 0.25) is 0 Å². The quantitative estimate of drug-likeness (QED) is 0.754. The van der Waals surface area contributed by atoms with Crippen LogP contribution in [0, 0.1) is 0 Å². The molecule has 0 aliphatic rings. The Kier molecular flexibility index (Phi) is 5.52. The molecule has 5 heteroatoms. The predicted molar refractivity (Wildman–Crippen MR) is 69.5 cm³/mol. The van der Waals surface area contributed by atoms with Gasteiger partial charge in [0.2, 0.25) is 11.8 Å². The van der Waals surface area contributed by atoms with Gasteiger partial charge in [-0.15, -0.1) is 0 Å². The third kappa shape index (κ3) is 4.35. The van der Waals surface area contributed by atoms with E-state index in [9.17, 15) is 0 Å². The number of alkyl halides is 1. The summed E-state index contributed by atoms with van der Waals surface area (Å²) in [5.74, 6) is 1.34. The summed E-state index contributed by atoms with van der Waals surface area (Å²) in [5, 5.41) is 0. The van der Waals surface area contributed by atoms with Crippen molar-refractivity contribution in [3.8, 4) is 5.88 Å². The zero-order chi connectivity index (χ0) is 12.0. The van der Waals surface area contributed by atoms with Gasteiger partial charge in [-0.1, -0.05) is 22.9 Å². The summed E-state index contributed by atoms with van der Waals surface area (Å²) >= 11 is 3.52. The number of anilines is 1. The molecule has 0 amide bonds. The van der Waals surface area contributed by atoms with Crippen molar-refractivity contribution >= 4 is 21.9 Å². The topological polar surface area (TPSA) is 38.2 Å². The SMILES string of the molecule is CCOc1ccnc(N(C)CCC(C)Br)n1. The minimum Gasteiger partial charge on any atom is -0.478 e. The van der Waals surface area contributed by atoms with E-state index in [4.69, 9.17) is 4.74 Å². The summed E-state index contributed by atoms with van der Waals surface area (Å²) in [6, 6.07) is 1.77. The summed E-state index contributed by atoms with van der Waals surface area (Å²) in [4.78, 5) is 11.1. The normalized spacial score (nSPS) is 12.2. The molecule has 1 aromatic heterocycles. The fourth-order valence-corrected chi connectivity index (χ4v) is 1.42. The molecule has 0 saturated carbocycles. The molecule has 0 spiro atoms. The molecule has 0 bridgehead atoms. The smallest absolute Gasteiger partial charge is 0.228 e. The first kappa shape index (κ1) is 13.2. The molecule has 4 nitrogen and oxygen atoms in total. The van der Waals surface area contributed by atoms with E-state index in [0.717, 1.165) is 13.0 Å². The van der Waals surface area contributed by atoms with Gasteiger partial charge in [0, 0.05) is 30.7 Å². The zero-order valence-electron chi connectivity index (χ0n) is 9.98. The van der Waals surface area contributed by atoms with Crippen LogP contribution in [0.3, 0.4) is 0 Å². The Hall–Kier alpha value is -0.840. The third-order valence-electron chi connectivity index (χ3n) is 2.11. The summed E-state index contributed by atoms with van der Waals surface area (Å²) in [6.45, 7) is 5.62. The molecule has 1 heterocycles. The van der Waals surface area contributed by atoms with Crippen molar-refractivity contribution in [2.45, 2.75) is 25.1 Å². The number of nitrogens with zero attached hydrogens (tertiary/aromatic N) is 3. The Labute approximate surface area is 105 Å². The Bertz CT molecular complexity index is 320. The molecule has 0 saturated heterocycles. The average molecular weight is 288 g/mol. The highest BCUT2D eigenvalue weighted by molar-refractivity contribution is 9.09. The Morgan fingerprint density at radius 1 is 1.56 bits per heavy atom. The van der Waals surface area contributed by atoms with Crippen molar-refractivity contribution in [1.82, 2.24) is 9.97 Å². The van der Waals surface area contributed by atoms with Gasteiger partial charge in [-0.3, -0.25) is 0 Å². The van der Waals surface area contributed by atoms with Crippen LogP contribution in [0.15, 0.2) is 12.3 Å². The monoisotopic (exact) mass is 287 g/mol. The molecule has 0 aromatic carbocycles. The number of rotatable bonds is 6. The second kappa shape index (κ2) is 6.68. The summed E-state index contributed by atoms with van der Waals surface area (Å²) < 4.78 is 5.34. The van der Waals surface area contributed by atoms with Gasteiger partial charge < -0.3 is 9.64 Å². The highest BCUT2D eigenvalue weighted by Crippen LogP contribution is 2.13. The van der Waals surface area contributed by atoms with Crippen LogP contribution in [-0.2, 0) is 0 Å². The fraction of sp³-hybridized carbons (Fsp3) is 0.636. The summed E-state index contributed by atoms with van der Waals surface area (Å²) in [5.41, 5.74) is 0. The third-order valence-corrected chi connectivity index (χ3v) is 2.57. The van der Waals surface area contributed by atoms with E-state index in [1.165, 1.54) is 0 Å². The minimum absolute atomic E-state index is 0.505. The molecular formula is C11H18BrN3O. The Morgan fingerprint density at radius 2 is 2.31 bits per heavy atom. The van der Waals surface area contributed by atoms with Crippen molar-refractivity contribution in [3.63, 3.8) is 0 Å². The van der Waals surface area contributed by atoms with Gasteiger partial charge in [0.1, 0.15) is 0 Å². The molecule has 0 aliphatic heterocycles. The van der Waals surface area contributed by atoms with Crippen molar-refractivity contribution < 1.29 is 4.74 Å². The van der Waals surface area contributed by atoms with Crippen molar-refractivity contribution in [1.29, 1.82) is 0 Å². The maximum atomic E-state index is 5.34. The maximum Gasteiger partial charge on any atom is 0.228 e. The van der Waals surface area contributed by atoms with E-state index >= 15 is 0 Å². The predicted octanol–water partition coefficient (Wildman–Crippen LogP) is 2.49. The highest BCUT2D eigenvalue weighted by Gasteiger charge is 2.06. The second-order valence-corrected chi connectivity index (χ2v) is 5.18. The standard InChI is InChI=1S/C11H18BrN3O/c1-4-16-10-5-7-13-11(14-10)15(3)8-6-9(2)12/h5,7,9H,4,6,8H2,1-3H3. The first-order valence-electron chi connectivity index (χ1n) is 5.44. The molecule has 0 N–H and O–H groups in total. The zero-order valence-corrected chi connectivity index (χ0v) is 11.6. The lowest BCUT2D eigenvalue weighted by atomic mass is 10.3.